The van der Waals surface area contributed by atoms with Crippen LogP contribution < -0.4 is 0 Å². The van der Waals surface area contributed by atoms with Crippen molar-refractivity contribution in [2.24, 2.45) is 0 Å². The van der Waals surface area contributed by atoms with Gasteiger partial charge in [0.1, 0.15) is 5.65 Å². The summed E-state index contributed by atoms with van der Waals surface area (Å²) in [5, 5.41) is 3.69. The number of nitrogens with zero attached hydrogens (tertiary/aromatic N) is 4. The van der Waals surface area contributed by atoms with Crippen LogP contribution in [0.3, 0.4) is 0 Å². The minimum Gasteiger partial charge on any atom is -0.295 e. The molecule has 174 valence electrons. The van der Waals surface area contributed by atoms with E-state index in [1.54, 1.807) is 0 Å². The Bertz CT molecular complexity index is 2080. The Kier molecular flexibility index (Phi) is 4.19. The zero-order valence-corrected chi connectivity index (χ0v) is 20.0. The molecule has 5 aromatic carbocycles. The summed E-state index contributed by atoms with van der Waals surface area (Å²) in [7, 11) is 0. The van der Waals surface area contributed by atoms with Crippen LogP contribution in [0.25, 0.3) is 61.2 Å². The van der Waals surface area contributed by atoms with Crippen LogP contribution in [0.5, 0.6) is 0 Å². The van der Waals surface area contributed by atoms with Gasteiger partial charge in [-0.25, -0.2) is 4.98 Å². The number of aromatic nitrogens is 4. The molecule has 0 aliphatic carbocycles. The summed E-state index contributed by atoms with van der Waals surface area (Å²) in [6.45, 7) is 0. The fraction of sp³-hybridized carbons (Fsp3) is 0. The minimum absolute atomic E-state index is 0.874. The van der Waals surface area contributed by atoms with Gasteiger partial charge in [-0.15, -0.1) is 0 Å². The van der Waals surface area contributed by atoms with Gasteiger partial charge in [0.15, 0.2) is 0 Å². The van der Waals surface area contributed by atoms with Gasteiger partial charge in [0.25, 0.3) is 0 Å². The van der Waals surface area contributed by atoms with E-state index >= 15 is 0 Å². The number of hydrogen-bond acceptors (Lipinski definition) is 1. The van der Waals surface area contributed by atoms with Crippen LogP contribution in [-0.4, -0.2) is 18.7 Å². The highest BCUT2D eigenvalue weighted by Crippen LogP contribution is 2.41. The largest absolute Gasteiger partial charge is 0.295 e. The van der Waals surface area contributed by atoms with Crippen molar-refractivity contribution in [3.63, 3.8) is 0 Å². The van der Waals surface area contributed by atoms with Crippen molar-refractivity contribution in [1.29, 1.82) is 0 Å². The van der Waals surface area contributed by atoms with Crippen molar-refractivity contribution in [2.45, 2.75) is 0 Å². The van der Waals surface area contributed by atoms with Crippen LogP contribution in [-0.2, 0) is 0 Å². The molecule has 0 N–H and O–H groups in total. The molecule has 0 fully saturated rings. The highest BCUT2D eigenvalue weighted by atomic mass is 15.3. The average Bonchev–Trinajstić information content (AvgIpc) is 3.61. The van der Waals surface area contributed by atoms with Crippen LogP contribution in [0.1, 0.15) is 0 Å². The Hall–Kier alpha value is -5.09. The highest BCUT2D eigenvalue weighted by molar-refractivity contribution is 6.22. The molecule has 8 rings (SSSR count). The van der Waals surface area contributed by atoms with Crippen LogP contribution in [0.15, 0.2) is 133 Å². The molecular formula is C33H22N4. The average molecular weight is 475 g/mol. The number of benzene rings is 5. The molecule has 0 saturated heterocycles. The maximum Gasteiger partial charge on any atom is 0.221 e. The molecule has 4 nitrogen and oxygen atoms in total. The van der Waals surface area contributed by atoms with E-state index in [0.717, 1.165) is 39.5 Å². The molecule has 3 aromatic heterocycles. The van der Waals surface area contributed by atoms with Gasteiger partial charge in [0, 0.05) is 27.5 Å². The van der Waals surface area contributed by atoms with Crippen LogP contribution >= 0.6 is 0 Å². The maximum absolute atomic E-state index is 5.25. The first kappa shape index (κ1) is 20.1. The lowest BCUT2D eigenvalue weighted by Crippen LogP contribution is -2.08. The van der Waals surface area contributed by atoms with E-state index in [0.29, 0.717) is 0 Å². The monoisotopic (exact) mass is 474 g/mol. The van der Waals surface area contributed by atoms with Gasteiger partial charge in [-0.05, 0) is 48.5 Å². The van der Waals surface area contributed by atoms with Gasteiger partial charge < -0.3 is 0 Å². The fourth-order valence-electron chi connectivity index (χ4n) is 5.73. The van der Waals surface area contributed by atoms with Gasteiger partial charge in [-0.3, -0.25) is 13.7 Å². The first-order valence-corrected chi connectivity index (χ1v) is 12.5. The van der Waals surface area contributed by atoms with Crippen LogP contribution in [0.2, 0.25) is 0 Å². The van der Waals surface area contributed by atoms with Crippen LogP contribution in [0.4, 0.5) is 0 Å². The molecule has 0 bridgehead atoms. The summed E-state index contributed by atoms with van der Waals surface area (Å²) in [4.78, 5) is 5.25. The van der Waals surface area contributed by atoms with Crippen LogP contribution in [0, 0.1) is 0 Å². The lowest BCUT2D eigenvalue weighted by Gasteiger charge is -2.14. The third-order valence-corrected chi connectivity index (χ3v) is 7.25. The zero-order chi connectivity index (χ0) is 24.3. The Morgan fingerprint density at radius 1 is 0.405 bits per heavy atom. The molecule has 0 atom stereocenters. The van der Waals surface area contributed by atoms with E-state index < -0.39 is 0 Å². The minimum atomic E-state index is 0.874. The van der Waals surface area contributed by atoms with Crippen molar-refractivity contribution in [2.75, 3.05) is 0 Å². The van der Waals surface area contributed by atoms with E-state index in [9.17, 15) is 0 Å². The Morgan fingerprint density at radius 2 is 0.892 bits per heavy atom. The van der Waals surface area contributed by atoms with E-state index in [1.165, 1.54) is 21.7 Å². The smallest absolute Gasteiger partial charge is 0.221 e. The van der Waals surface area contributed by atoms with Crippen molar-refractivity contribution in [3.8, 4) is 17.3 Å². The van der Waals surface area contributed by atoms with E-state index in [2.05, 4.69) is 147 Å². The maximum atomic E-state index is 5.25. The van der Waals surface area contributed by atoms with Gasteiger partial charge in [-0.2, -0.15) is 0 Å². The molecular weight excluding hydrogens is 452 g/mol. The molecule has 0 unspecified atom stereocenters. The second-order valence-electron chi connectivity index (χ2n) is 9.31. The Labute approximate surface area is 213 Å². The number of para-hydroxylation sites is 6. The molecule has 37 heavy (non-hydrogen) atoms. The molecule has 0 amide bonds. The first-order valence-electron chi connectivity index (χ1n) is 12.5. The first-order chi connectivity index (χ1) is 18.4. The van der Waals surface area contributed by atoms with E-state index in [4.69, 9.17) is 4.98 Å². The van der Waals surface area contributed by atoms with Gasteiger partial charge in [0.05, 0.1) is 22.1 Å². The summed E-state index contributed by atoms with van der Waals surface area (Å²) >= 11 is 0. The molecule has 8 aromatic rings. The summed E-state index contributed by atoms with van der Waals surface area (Å²) < 4.78 is 6.98. The van der Waals surface area contributed by atoms with Crippen molar-refractivity contribution < 1.29 is 0 Å². The van der Waals surface area contributed by atoms with E-state index in [-0.39, 0.29) is 0 Å². The standard InChI is InChI=1S/C33H22N4/c1-3-13-23(14-4-1)35-28-20-10-7-17-25(28)31-26-18-8-11-21-29(26)37(32(31)35)33-34-27-19-9-12-22-30(27)36(33)24-15-5-2-6-16-24/h1-22H. The van der Waals surface area contributed by atoms with Crippen molar-refractivity contribution in [1.82, 2.24) is 18.7 Å². The van der Waals surface area contributed by atoms with Crippen molar-refractivity contribution in [3.05, 3.63) is 133 Å². The summed E-state index contributed by atoms with van der Waals surface area (Å²) in [6.07, 6.45) is 0. The third kappa shape index (κ3) is 2.81. The predicted octanol–water partition coefficient (Wildman–Crippen LogP) is 8.07. The lowest BCUT2D eigenvalue weighted by molar-refractivity contribution is 0.933. The predicted molar refractivity (Wildman–Crippen MR) is 152 cm³/mol. The Balaban J connectivity index is 1.63. The second kappa shape index (κ2) is 7.70. The molecule has 4 heteroatoms. The summed E-state index contributed by atoms with van der Waals surface area (Å²) in [5.41, 5.74) is 7.68. The number of rotatable bonds is 3. The summed E-state index contributed by atoms with van der Waals surface area (Å²) in [5.74, 6) is 0.874. The lowest BCUT2D eigenvalue weighted by atomic mass is 10.1. The van der Waals surface area contributed by atoms with Crippen molar-refractivity contribution >= 4 is 43.9 Å². The quantitative estimate of drug-likeness (QED) is 0.254. The van der Waals surface area contributed by atoms with Gasteiger partial charge >= 0.3 is 0 Å². The SMILES string of the molecule is c1ccc(-n2c(-n3c4ccccc4c4c5ccccc5n(-c5ccccc5)c43)nc3ccccc32)cc1. The molecule has 0 spiro atoms. The molecule has 0 saturated carbocycles. The molecule has 0 aliphatic rings. The number of hydrogen-bond donors (Lipinski definition) is 0. The molecule has 0 aliphatic heterocycles. The second-order valence-corrected chi connectivity index (χ2v) is 9.31. The highest BCUT2D eigenvalue weighted by Gasteiger charge is 2.25. The zero-order valence-electron chi connectivity index (χ0n) is 20.0. The van der Waals surface area contributed by atoms with E-state index in [1.807, 2.05) is 0 Å². The fourth-order valence-corrected chi connectivity index (χ4v) is 5.73. The van der Waals surface area contributed by atoms with Gasteiger partial charge in [-0.1, -0.05) is 84.9 Å². The topological polar surface area (TPSA) is 27.7 Å². The Morgan fingerprint density at radius 3 is 1.54 bits per heavy atom. The van der Waals surface area contributed by atoms with Gasteiger partial charge in [0.2, 0.25) is 5.95 Å². The molecule has 0 radical (unpaired) electrons. The summed E-state index contributed by atoms with van der Waals surface area (Å²) in [6, 6.07) is 46.9. The normalized spacial score (nSPS) is 11.8. The number of imidazole rings is 1. The molecule has 3 heterocycles. The third-order valence-electron chi connectivity index (χ3n) is 7.25. The number of fused-ring (bicyclic) bond motifs is 6.